The van der Waals surface area contributed by atoms with Crippen molar-refractivity contribution in [3.63, 3.8) is 0 Å². The van der Waals surface area contributed by atoms with Gasteiger partial charge in [0.1, 0.15) is 0 Å². The molecule has 3 nitrogen and oxygen atoms in total. The van der Waals surface area contributed by atoms with Crippen molar-refractivity contribution in [3.8, 4) is 0 Å². The minimum Gasteiger partial charge on any atom is -0.348 e. The van der Waals surface area contributed by atoms with E-state index in [9.17, 15) is 4.79 Å². The molecule has 2 rings (SSSR count). The summed E-state index contributed by atoms with van der Waals surface area (Å²) < 4.78 is 0. The first-order valence-electron chi connectivity index (χ1n) is 6.39. The Morgan fingerprint density at radius 1 is 1.37 bits per heavy atom. The van der Waals surface area contributed by atoms with Gasteiger partial charge < -0.3 is 10.6 Å². The smallest absolute Gasteiger partial charge is 0.251 e. The number of hydrogen-bond donors (Lipinski definition) is 2. The van der Waals surface area contributed by atoms with Crippen LogP contribution in [0.4, 0.5) is 0 Å². The Morgan fingerprint density at radius 2 is 2.05 bits per heavy atom. The van der Waals surface area contributed by atoms with Crippen LogP contribution in [0.25, 0.3) is 0 Å². The van der Waals surface area contributed by atoms with Gasteiger partial charge in [0.05, 0.1) is 0 Å². The molecule has 0 aromatic heterocycles. The van der Waals surface area contributed by atoms with Gasteiger partial charge in [0.25, 0.3) is 5.91 Å². The minimum atomic E-state index is 0. The van der Waals surface area contributed by atoms with Crippen LogP contribution in [0.5, 0.6) is 0 Å². The average Bonchev–Trinajstić information content (AvgIpc) is 2.41. The maximum Gasteiger partial charge on any atom is 0.251 e. The predicted molar refractivity (Wildman–Crippen MR) is 83.4 cm³/mol. The summed E-state index contributed by atoms with van der Waals surface area (Å²) in [4.78, 5) is 13.3. The quantitative estimate of drug-likeness (QED) is 0.843. The van der Waals surface area contributed by atoms with Gasteiger partial charge in [0.2, 0.25) is 0 Å². The second-order valence-corrected chi connectivity index (χ2v) is 5.57. The molecule has 2 unspecified atom stereocenters. The third-order valence-electron chi connectivity index (χ3n) is 3.43. The van der Waals surface area contributed by atoms with Gasteiger partial charge in [-0.05, 0) is 56.8 Å². The molecule has 0 aliphatic carbocycles. The van der Waals surface area contributed by atoms with E-state index in [1.54, 1.807) is 11.8 Å². The van der Waals surface area contributed by atoms with E-state index in [1.165, 1.54) is 4.90 Å². The van der Waals surface area contributed by atoms with Gasteiger partial charge in [-0.25, -0.2) is 0 Å². The molecule has 0 radical (unpaired) electrons. The summed E-state index contributed by atoms with van der Waals surface area (Å²) >= 11 is 1.68. The van der Waals surface area contributed by atoms with Crippen molar-refractivity contribution >= 4 is 30.1 Å². The second kappa shape index (κ2) is 7.78. The molecule has 1 aliphatic rings. The van der Waals surface area contributed by atoms with E-state index in [0.29, 0.717) is 6.04 Å². The highest BCUT2D eigenvalue weighted by atomic mass is 35.5. The Hall–Kier alpha value is -0.710. The van der Waals surface area contributed by atoms with Gasteiger partial charge in [-0.1, -0.05) is 0 Å². The molecule has 2 atom stereocenters. The van der Waals surface area contributed by atoms with Crippen LogP contribution in [-0.4, -0.2) is 30.8 Å². The van der Waals surface area contributed by atoms with Crippen LogP contribution in [0, 0.1) is 0 Å². The third kappa shape index (κ3) is 4.41. The number of thioether (sulfide) groups is 1. The Labute approximate surface area is 125 Å². The lowest BCUT2D eigenvalue weighted by molar-refractivity contribution is 0.0920. The molecule has 1 fully saturated rings. The van der Waals surface area contributed by atoms with Crippen LogP contribution in [0.3, 0.4) is 0 Å². The first-order chi connectivity index (χ1) is 8.70. The molecule has 19 heavy (non-hydrogen) atoms. The van der Waals surface area contributed by atoms with E-state index in [-0.39, 0.29) is 24.4 Å². The summed E-state index contributed by atoms with van der Waals surface area (Å²) in [5.74, 6) is 0.0307. The minimum absolute atomic E-state index is 0. The normalized spacial score (nSPS) is 22.4. The highest BCUT2D eigenvalue weighted by molar-refractivity contribution is 7.98. The number of benzene rings is 1. The number of piperidine rings is 1. The average molecular weight is 301 g/mol. The molecule has 1 aromatic rings. The molecular weight excluding hydrogens is 280 g/mol. The van der Waals surface area contributed by atoms with Crippen molar-refractivity contribution in [3.05, 3.63) is 29.8 Å². The molecule has 1 saturated heterocycles. The molecule has 5 heteroatoms. The first kappa shape index (κ1) is 16.3. The van der Waals surface area contributed by atoms with Crippen LogP contribution in [0.1, 0.15) is 30.1 Å². The number of halogens is 1. The van der Waals surface area contributed by atoms with E-state index >= 15 is 0 Å². The largest absolute Gasteiger partial charge is 0.348 e. The zero-order valence-corrected chi connectivity index (χ0v) is 12.9. The summed E-state index contributed by atoms with van der Waals surface area (Å²) in [7, 11) is 0. The number of nitrogens with one attached hydrogen (secondary N) is 2. The summed E-state index contributed by atoms with van der Waals surface area (Å²) in [6.07, 6.45) is 4.22. The molecule has 1 amide bonds. The van der Waals surface area contributed by atoms with Crippen molar-refractivity contribution in [1.82, 2.24) is 10.6 Å². The van der Waals surface area contributed by atoms with Crippen LogP contribution >= 0.6 is 24.2 Å². The van der Waals surface area contributed by atoms with Crippen LogP contribution in [0.15, 0.2) is 29.2 Å². The van der Waals surface area contributed by atoms with Crippen molar-refractivity contribution in [2.75, 3.05) is 12.8 Å². The third-order valence-corrected chi connectivity index (χ3v) is 4.17. The molecule has 0 saturated carbocycles. The van der Waals surface area contributed by atoms with E-state index in [1.807, 2.05) is 30.5 Å². The maximum atomic E-state index is 12.1. The van der Waals surface area contributed by atoms with Crippen LogP contribution in [-0.2, 0) is 0 Å². The summed E-state index contributed by atoms with van der Waals surface area (Å²) in [5.41, 5.74) is 0.741. The van der Waals surface area contributed by atoms with Gasteiger partial charge >= 0.3 is 0 Å². The van der Waals surface area contributed by atoms with Crippen molar-refractivity contribution in [2.45, 2.75) is 36.7 Å². The first-order valence-corrected chi connectivity index (χ1v) is 7.61. The van der Waals surface area contributed by atoms with Gasteiger partial charge in [-0.3, -0.25) is 4.79 Å². The molecular formula is C14H21ClN2OS. The molecule has 0 bridgehead atoms. The molecule has 0 spiro atoms. The summed E-state index contributed by atoms with van der Waals surface area (Å²) in [5, 5.41) is 6.50. The predicted octanol–water partition coefficient (Wildman–Crippen LogP) is 2.70. The fourth-order valence-electron chi connectivity index (χ4n) is 2.24. The van der Waals surface area contributed by atoms with Gasteiger partial charge in [-0.2, -0.15) is 0 Å². The molecule has 1 heterocycles. The molecule has 2 N–H and O–H groups in total. The van der Waals surface area contributed by atoms with Crippen molar-refractivity contribution in [2.24, 2.45) is 0 Å². The van der Waals surface area contributed by atoms with Crippen LogP contribution in [0.2, 0.25) is 0 Å². The molecule has 106 valence electrons. The van der Waals surface area contributed by atoms with Crippen molar-refractivity contribution in [1.29, 1.82) is 0 Å². The Morgan fingerprint density at radius 3 is 2.63 bits per heavy atom. The summed E-state index contributed by atoms with van der Waals surface area (Å²) in [6.45, 7) is 3.18. The SMILES string of the molecule is CSc1ccc(C(=O)NC2CCCNC2C)cc1.Cl. The van der Waals surface area contributed by atoms with Gasteiger partial charge in [-0.15, -0.1) is 24.2 Å². The highest BCUT2D eigenvalue weighted by Crippen LogP contribution is 2.15. The van der Waals surface area contributed by atoms with Gasteiger partial charge in [0.15, 0.2) is 0 Å². The monoisotopic (exact) mass is 300 g/mol. The Balaban J connectivity index is 0.00000180. The lowest BCUT2D eigenvalue weighted by Crippen LogP contribution is -2.51. The lowest BCUT2D eigenvalue weighted by atomic mass is 9.99. The fraction of sp³-hybridized carbons (Fsp3) is 0.500. The standard InChI is InChI=1S/C14H20N2OS.ClH/c1-10-13(4-3-9-15-10)16-14(17)11-5-7-12(18-2)8-6-11;/h5-8,10,13,15H,3-4,9H2,1-2H3,(H,16,17);1H. The topological polar surface area (TPSA) is 41.1 Å². The molecule has 1 aliphatic heterocycles. The van der Waals surface area contributed by atoms with Gasteiger partial charge in [0, 0.05) is 22.5 Å². The van der Waals surface area contributed by atoms with E-state index < -0.39 is 0 Å². The maximum absolute atomic E-state index is 12.1. The number of carbonyl (C=O) groups excluding carboxylic acids is 1. The summed E-state index contributed by atoms with van der Waals surface area (Å²) in [6, 6.07) is 8.36. The second-order valence-electron chi connectivity index (χ2n) is 4.69. The van der Waals surface area contributed by atoms with Crippen LogP contribution < -0.4 is 10.6 Å². The van der Waals surface area contributed by atoms with Crippen molar-refractivity contribution < 1.29 is 4.79 Å². The number of rotatable bonds is 3. The van der Waals surface area contributed by atoms with E-state index in [0.717, 1.165) is 24.9 Å². The number of amides is 1. The highest BCUT2D eigenvalue weighted by Gasteiger charge is 2.22. The zero-order valence-electron chi connectivity index (χ0n) is 11.3. The Kier molecular flexibility index (Phi) is 6.69. The Bertz CT molecular complexity index is 410. The number of carbonyl (C=O) groups is 1. The lowest BCUT2D eigenvalue weighted by Gasteiger charge is -2.30. The zero-order chi connectivity index (χ0) is 13.0. The van der Waals surface area contributed by atoms with E-state index in [2.05, 4.69) is 17.6 Å². The molecule has 1 aromatic carbocycles. The van der Waals surface area contributed by atoms with E-state index in [4.69, 9.17) is 0 Å². The number of hydrogen-bond acceptors (Lipinski definition) is 3. The fourth-order valence-corrected chi connectivity index (χ4v) is 2.64.